The number of carbonyl (C=O) groups is 1. The third kappa shape index (κ3) is 2.27. The van der Waals surface area contributed by atoms with Gasteiger partial charge < -0.3 is 10.4 Å². The van der Waals surface area contributed by atoms with Gasteiger partial charge in [0.05, 0.1) is 5.69 Å². The maximum atomic E-state index is 11.3. The van der Waals surface area contributed by atoms with Crippen molar-refractivity contribution in [2.24, 2.45) is 7.05 Å². The van der Waals surface area contributed by atoms with E-state index in [4.69, 9.17) is 0 Å². The summed E-state index contributed by atoms with van der Waals surface area (Å²) < 4.78 is 1.78. The molecule has 0 saturated carbocycles. The van der Waals surface area contributed by atoms with Gasteiger partial charge in [0, 0.05) is 24.6 Å². The maximum Gasteiger partial charge on any atom is 0.321 e. The molecule has 1 saturated heterocycles. The van der Waals surface area contributed by atoms with Crippen molar-refractivity contribution < 1.29 is 9.90 Å². The average Bonchev–Trinajstić information content (AvgIpc) is 2.80. The van der Waals surface area contributed by atoms with Gasteiger partial charge in [0.15, 0.2) is 0 Å². The fourth-order valence-corrected chi connectivity index (χ4v) is 2.66. The highest BCUT2D eigenvalue weighted by Gasteiger charge is 2.37. The highest BCUT2D eigenvalue weighted by atomic mass is 16.4. The van der Waals surface area contributed by atoms with Gasteiger partial charge in [-0.1, -0.05) is 20.8 Å². The molecular formula is C13H21N3O2. The summed E-state index contributed by atoms with van der Waals surface area (Å²) in [6, 6.07) is -0.490. The molecule has 18 heavy (non-hydrogen) atoms. The van der Waals surface area contributed by atoms with Gasteiger partial charge in [0.2, 0.25) is 0 Å². The van der Waals surface area contributed by atoms with Gasteiger partial charge in [-0.05, 0) is 18.5 Å². The number of rotatable bonds is 2. The summed E-state index contributed by atoms with van der Waals surface area (Å²) in [5.74, 6) is -0.758. The average molecular weight is 251 g/mol. The van der Waals surface area contributed by atoms with Gasteiger partial charge in [-0.2, -0.15) is 5.10 Å². The van der Waals surface area contributed by atoms with Crippen LogP contribution in [0.5, 0.6) is 0 Å². The molecule has 1 aromatic heterocycles. The fraction of sp³-hybridized carbons (Fsp3) is 0.692. The van der Waals surface area contributed by atoms with Crippen molar-refractivity contribution in [3.05, 3.63) is 17.5 Å². The molecule has 2 heterocycles. The van der Waals surface area contributed by atoms with E-state index in [9.17, 15) is 9.90 Å². The molecule has 5 heteroatoms. The molecule has 2 rings (SSSR count). The van der Waals surface area contributed by atoms with Crippen LogP contribution in [0.3, 0.4) is 0 Å². The lowest BCUT2D eigenvalue weighted by Gasteiger charge is -2.22. The van der Waals surface area contributed by atoms with Gasteiger partial charge in [0.1, 0.15) is 6.04 Å². The number of carboxylic acid groups (broad SMARTS) is 1. The molecule has 1 aromatic rings. The lowest BCUT2D eigenvalue weighted by molar-refractivity contribution is -0.139. The Labute approximate surface area is 107 Å². The molecule has 1 fully saturated rings. The Hall–Kier alpha value is -1.36. The first-order chi connectivity index (χ1) is 8.30. The third-order valence-corrected chi connectivity index (χ3v) is 3.45. The van der Waals surface area contributed by atoms with E-state index in [0.29, 0.717) is 0 Å². The van der Waals surface area contributed by atoms with E-state index in [1.165, 1.54) is 0 Å². The first-order valence-corrected chi connectivity index (χ1v) is 6.31. The van der Waals surface area contributed by atoms with Crippen molar-refractivity contribution >= 4 is 5.97 Å². The summed E-state index contributed by atoms with van der Waals surface area (Å²) in [5, 5.41) is 16.8. The summed E-state index contributed by atoms with van der Waals surface area (Å²) in [5.41, 5.74) is 2.01. The van der Waals surface area contributed by atoms with Crippen molar-refractivity contribution in [3.63, 3.8) is 0 Å². The van der Waals surface area contributed by atoms with Crippen LogP contribution in [-0.4, -0.2) is 33.4 Å². The summed E-state index contributed by atoms with van der Waals surface area (Å²) in [6.07, 6.45) is 2.82. The number of carboxylic acids is 1. The van der Waals surface area contributed by atoms with E-state index in [1.807, 2.05) is 13.2 Å². The summed E-state index contributed by atoms with van der Waals surface area (Å²) in [6.45, 7) is 7.07. The van der Waals surface area contributed by atoms with Crippen LogP contribution in [0, 0.1) is 0 Å². The summed E-state index contributed by atoms with van der Waals surface area (Å²) in [7, 11) is 1.89. The lowest BCUT2D eigenvalue weighted by Crippen LogP contribution is -2.35. The molecule has 0 amide bonds. The number of aryl methyl sites for hydroxylation is 1. The second kappa shape index (κ2) is 4.39. The van der Waals surface area contributed by atoms with Crippen LogP contribution in [0.4, 0.5) is 0 Å². The van der Waals surface area contributed by atoms with Gasteiger partial charge in [-0.25, -0.2) is 0 Å². The Balaban J connectivity index is 2.41. The highest BCUT2D eigenvalue weighted by Crippen LogP contribution is 2.35. The molecule has 1 aliphatic heterocycles. The zero-order valence-electron chi connectivity index (χ0n) is 11.4. The Morgan fingerprint density at radius 2 is 2.22 bits per heavy atom. The molecule has 0 aromatic carbocycles. The van der Waals surface area contributed by atoms with Crippen molar-refractivity contribution in [1.29, 1.82) is 0 Å². The lowest BCUT2D eigenvalue weighted by atomic mass is 9.83. The standard InChI is InChI=1S/C13H21N3O2/c1-13(2,3)11-9(7-16(4)15-11)8-5-6-14-10(8)12(17)18/h7-8,10,14H,5-6H2,1-4H3,(H,17,18). The monoisotopic (exact) mass is 251 g/mol. The van der Waals surface area contributed by atoms with Crippen LogP contribution in [-0.2, 0) is 17.3 Å². The number of hydrogen-bond donors (Lipinski definition) is 2. The van der Waals surface area contributed by atoms with Gasteiger partial charge in [-0.3, -0.25) is 9.48 Å². The fourth-order valence-electron chi connectivity index (χ4n) is 2.66. The number of aromatic nitrogens is 2. The molecule has 0 bridgehead atoms. The topological polar surface area (TPSA) is 67.2 Å². The minimum Gasteiger partial charge on any atom is -0.480 e. The van der Waals surface area contributed by atoms with E-state index in [-0.39, 0.29) is 11.3 Å². The van der Waals surface area contributed by atoms with E-state index < -0.39 is 12.0 Å². The number of nitrogens with zero attached hydrogens (tertiary/aromatic N) is 2. The zero-order chi connectivity index (χ0) is 13.5. The maximum absolute atomic E-state index is 11.3. The van der Waals surface area contributed by atoms with Crippen molar-refractivity contribution in [1.82, 2.24) is 15.1 Å². The van der Waals surface area contributed by atoms with Crippen molar-refractivity contribution in [2.75, 3.05) is 6.54 Å². The predicted octanol–water partition coefficient (Wildman–Crippen LogP) is 1.25. The Bertz CT molecular complexity index is 459. The van der Waals surface area contributed by atoms with E-state index in [0.717, 1.165) is 24.2 Å². The van der Waals surface area contributed by atoms with Crippen LogP contribution in [0.1, 0.15) is 44.4 Å². The first-order valence-electron chi connectivity index (χ1n) is 6.31. The Morgan fingerprint density at radius 1 is 1.56 bits per heavy atom. The van der Waals surface area contributed by atoms with Crippen LogP contribution in [0.25, 0.3) is 0 Å². The van der Waals surface area contributed by atoms with Crippen molar-refractivity contribution in [3.8, 4) is 0 Å². The van der Waals surface area contributed by atoms with Gasteiger partial charge >= 0.3 is 5.97 Å². The van der Waals surface area contributed by atoms with Gasteiger partial charge in [0.25, 0.3) is 0 Å². The molecule has 2 atom stereocenters. The molecule has 2 N–H and O–H groups in total. The smallest absolute Gasteiger partial charge is 0.321 e. The second-order valence-corrected chi connectivity index (χ2v) is 6.02. The molecule has 2 unspecified atom stereocenters. The quantitative estimate of drug-likeness (QED) is 0.830. The largest absolute Gasteiger partial charge is 0.480 e. The molecule has 100 valence electrons. The molecule has 0 aliphatic carbocycles. The summed E-state index contributed by atoms with van der Waals surface area (Å²) >= 11 is 0. The molecule has 0 radical (unpaired) electrons. The van der Waals surface area contributed by atoms with Crippen LogP contribution in [0.15, 0.2) is 6.20 Å². The first kappa shape index (κ1) is 13.1. The normalized spacial score (nSPS) is 24.4. The number of aliphatic carboxylic acids is 1. The zero-order valence-corrected chi connectivity index (χ0v) is 11.4. The van der Waals surface area contributed by atoms with E-state index in [2.05, 4.69) is 31.2 Å². The number of nitrogens with one attached hydrogen (secondary N) is 1. The Morgan fingerprint density at radius 3 is 2.78 bits per heavy atom. The van der Waals surface area contributed by atoms with E-state index >= 15 is 0 Å². The molecule has 1 aliphatic rings. The van der Waals surface area contributed by atoms with Crippen LogP contribution in [0.2, 0.25) is 0 Å². The van der Waals surface area contributed by atoms with Crippen LogP contribution < -0.4 is 5.32 Å². The highest BCUT2D eigenvalue weighted by molar-refractivity contribution is 5.75. The van der Waals surface area contributed by atoms with Gasteiger partial charge in [-0.15, -0.1) is 0 Å². The Kier molecular flexibility index (Phi) is 3.19. The molecule has 5 nitrogen and oxygen atoms in total. The van der Waals surface area contributed by atoms with Crippen LogP contribution >= 0.6 is 0 Å². The number of hydrogen-bond acceptors (Lipinski definition) is 3. The van der Waals surface area contributed by atoms with Crippen molar-refractivity contribution in [2.45, 2.75) is 44.6 Å². The molecule has 0 spiro atoms. The minimum atomic E-state index is -0.777. The second-order valence-electron chi connectivity index (χ2n) is 6.02. The minimum absolute atomic E-state index is 0.0189. The SMILES string of the molecule is Cn1cc(C2CCNC2C(=O)O)c(C(C)(C)C)n1. The third-order valence-electron chi connectivity index (χ3n) is 3.45. The molecular weight excluding hydrogens is 230 g/mol. The summed E-state index contributed by atoms with van der Waals surface area (Å²) in [4.78, 5) is 11.3. The predicted molar refractivity (Wildman–Crippen MR) is 68.7 cm³/mol. The van der Waals surface area contributed by atoms with E-state index in [1.54, 1.807) is 4.68 Å².